The van der Waals surface area contributed by atoms with E-state index in [2.05, 4.69) is 4.72 Å². The second kappa shape index (κ2) is 5.35. The van der Waals surface area contributed by atoms with Gasteiger partial charge in [-0.1, -0.05) is 13.8 Å². The van der Waals surface area contributed by atoms with E-state index in [1.165, 1.54) is 12.1 Å². The summed E-state index contributed by atoms with van der Waals surface area (Å²) in [6.07, 6.45) is 0.527. The average Bonchev–Trinajstić information content (AvgIpc) is 2.20. The van der Waals surface area contributed by atoms with Crippen LogP contribution in [0.2, 0.25) is 0 Å². The standard InChI is InChI=1S/C11H17FN2O2S/c1-8(2)5-6-17(15,16)14-11-7-9(13)3-4-10(11)12/h3-4,7-8,14H,5-6,13H2,1-2H3. The minimum Gasteiger partial charge on any atom is -0.399 e. The van der Waals surface area contributed by atoms with Crippen molar-refractivity contribution in [3.63, 3.8) is 0 Å². The molecule has 1 aromatic rings. The van der Waals surface area contributed by atoms with Crippen molar-refractivity contribution in [3.05, 3.63) is 24.0 Å². The molecule has 0 saturated heterocycles. The number of benzene rings is 1. The van der Waals surface area contributed by atoms with E-state index in [9.17, 15) is 12.8 Å². The van der Waals surface area contributed by atoms with Crippen molar-refractivity contribution in [3.8, 4) is 0 Å². The molecule has 0 spiro atoms. The topological polar surface area (TPSA) is 72.2 Å². The van der Waals surface area contributed by atoms with Crippen LogP contribution in [0.25, 0.3) is 0 Å². The van der Waals surface area contributed by atoms with E-state index in [0.717, 1.165) is 6.07 Å². The molecule has 0 radical (unpaired) electrons. The maximum atomic E-state index is 13.3. The smallest absolute Gasteiger partial charge is 0.232 e. The molecular weight excluding hydrogens is 243 g/mol. The number of halogens is 1. The van der Waals surface area contributed by atoms with Crippen LogP contribution in [0.1, 0.15) is 20.3 Å². The largest absolute Gasteiger partial charge is 0.399 e. The Morgan fingerprint density at radius 2 is 2.06 bits per heavy atom. The SMILES string of the molecule is CC(C)CCS(=O)(=O)Nc1cc(N)ccc1F. The van der Waals surface area contributed by atoms with Gasteiger partial charge in [-0.25, -0.2) is 12.8 Å². The summed E-state index contributed by atoms with van der Waals surface area (Å²) >= 11 is 0. The first-order chi connectivity index (χ1) is 7.80. The second-order valence-corrected chi connectivity index (χ2v) is 6.18. The summed E-state index contributed by atoms with van der Waals surface area (Å²) in [4.78, 5) is 0. The van der Waals surface area contributed by atoms with Crippen LogP contribution >= 0.6 is 0 Å². The summed E-state index contributed by atoms with van der Waals surface area (Å²) in [5, 5.41) is 0. The Kier molecular flexibility index (Phi) is 4.34. The first-order valence-corrected chi connectivity index (χ1v) is 7.01. The summed E-state index contributed by atoms with van der Waals surface area (Å²) in [5.41, 5.74) is 5.68. The minimum atomic E-state index is -3.51. The van der Waals surface area contributed by atoms with Crippen molar-refractivity contribution in [1.82, 2.24) is 0 Å². The summed E-state index contributed by atoms with van der Waals surface area (Å²) in [6, 6.07) is 3.78. The molecule has 1 rings (SSSR count). The van der Waals surface area contributed by atoms with E-state index >= 15 is 0 Å². The minimum absolute atomic E-state index is 0.0289. The molecule has 0 aliphatic rings. The van der Waals surface area contributed by atoms with E-state index in [0.29, 0.717) is 12.1 Å². The maximum absolute atomic E-state index is 13.3. The summed E-state index contributed by atoms with van der Waals surface area (Å²) in [5.74, 6) is -0.386. The molecule has 3 N–H and O–H groups in total. The van der Waals surface area contributed by atoms with Crippen molar-refractivity contribution >= 4 is 21.4 Å². The molecule has 6 heteroatoms. The van der Waals surface area contributed by atoms with Crippen molar-refractivity contribution < 1.29 is 12.8 Å². The third kappa shape index (κ3) is 4.60. The molecule has 4 nitrogen and oxygen atoms in total. The van der Waals surface area contributed by atoms with Gasteiger partial charge in [0.25, 0.3) is 0 Å². The average molecular weight is 260 g/mol. The van der Waals surface area contributed by atoms with Crippen LogP contribution in [0.5, 0.6) is 0 Å². The molecule has 0 bridgehead atoms. The Hall–Kier alpha value is -1.30. The summed E-state index contributed by atoms with van der Waals surface area (Å²) in [7, 11) is -3.51. The Morgan fingerprint density at radius 3 is 2.65 bits per heavy atom. The van der Waals surface area contributed by atoms with Crippen LogP contribution < -0.4 is 10.5 Å². The predicted molar refractivity (Wildman–Crippen MR) is 67.7 cm³/mol. The summed E-state index contributed by atoms with van der Waals surface area (Å²) in [6.45, 7) is 3.85. The second-order valence-electron chi connectivity index (χ2n) is 4.34. The predicted octanol–water partition coefficient (Wildman–Crippen LogP) is 2.20. The third-order valence-corrected chi connectivity index (χ3v) is 3.52. The zero-order valence-electron chi connectivity index (χ0n) is 9.90. The Balaban J connectivity index is 2.79. The Bertz CT molecular complexity index is 486. The highest BCUT2D eigenvalue weighted by molar-refractivity contribution is 7.92. The molecule has 0 unspecified atom stereocenters. The molecule has 0 saturated carbocycles. The van der Waals surface area contributed by atoms with Crippen molar-refractivity contribution in [1.29, 1.82) is 0 Å². The van der Waals surface area contributed by atoms with Gasteiger partial charge in [0.2, 0.25) is 10.0 Å². The molecule has 0 fully saturated rings. The van der Waals surface area contributed by atoms with Crippen LogP contribution in [0.3, 0.4) is 0 Å². The number of rotatable bonds is 5. The zero-order valence-corrected chi connectivity index (χ0v) is 10.7. The molecule has 1 aromatic carbocycles. The molecule has 0 aliphatic heterocycles. The van der Waals surface area contributed by atoms with Crippen LogP contribution in [0.4, 0.5) is 15.8 Å². The highest BCUT2D eigenvalue weighted by Gasteiger charge is 2.14. The van der Waals surface area contributed by atoms with Gasteiger partial charge in [-0.05, 0) is 30.5 Å². The van der Waals surface area contributed by atoms with Gasteiger partial charge in [-0.15, -0.1) is 0 Å². The van der Waals surface area contributed by atoms with Crippen molar-refractivity contribution in [2.24, 2.45) is 5.92 Å². The van der Waals surface area contributed by atoms with Gasteiger partial charge in [-0.2, -0.15) is 0 Å². The fourth-order valence-corrected chi connectivity index (χ4v) is 2.61. The lowest BCUT2D eigenvalue weighted by Gasteiger charge is -2.10. The molecule has 0 heterocycles. The molecule has 0 aliphatic carbocycles. The van der Waals surface area contributed by atoms with Crippen LogP contribution in [-0.4, -0.2) is 14.2 Å². The molecular formula is C11H17FN2O2S. The lowest BCUT2D eigenvalue weighted by molar-refractivity contribution is 0.576. The normalized spacial score (nSPS) is 11.8. The van der Waals surface area contributed by atoms with E-state index in [-0.39, 0.29) is 17.4 Å². The number of sulfonamides is 1. The van der Waals surface area contributed by atoms with E-state index in [1.54, 1.807) is 0 Å². The Morgan fingerprint density at radius 1 is 1.41 bits per heavy atom. The number of hydrogen-bond acceptors (Lipinski definition) is 3. The molecule has 0 aromatic heterocycles. The monoisotopic (exact) mass is 260 g/mol. The molecule has 0 amide bonds. The number of nitrogens with one attached hydrogen (secondary N) is 1. The molecule has 0 atom stereocenters. The van der Waals surface area contributed by atoms with E-state index in [4.69, 9.17) is 5.73 Å². The lowest BCUT2D eigenvalue weighted by Crippen LogP contribution is -2.18. The lowest BCUT2D eigenvalue weighted by atomic mass is 10.2. The fourth-order valence-electron chi connectivity index (χ4n) is 1.23. The quantitative estimate of drug-likeness (QED) is 0.797. The van der Waals surface area contributed by atoms with E-state index in [1.807, 2.05) is 13.8 Å². The number of hydrogen-bond donors (Lipinski definition) is 2. The van der Waals surface area contributed by atoms with Gasteiger partial charge >= 0.3 is 0 Å². The van der Waals surface area contributed by atoms with Gasteiger partial charge in [0.05, 0.1) is 11.4 Å². The number of nitrogens with two attached hydrogens (primary N) is 1. The van der Waals surface area contributed by atoms with Gasteiger partial charge < -0.3 is 5.73 Å². The third-order valence-electron chi connectivity index (χ3n) is 2.22. The zero-order chi connectivity index (χ0) is 13.1. The van der Waals surface area contributed by atoms with Gasteiger partial charge in [-0.3, -0.25) is 4.72 Å². The van der Waals surface area contributed by atoms with Crippen LogP contribution in [-0.2, 0) is 10.0 Å². The Labute approximate surface area is 101 Å². The summed E-state index contributed by atoms with van der Waals surface area (Å²) < 4.78 is 38.8. The van der Waals surface area contributed by atoms with Crippen LogP contribution in [0, 0.1) is 11.7 Å². The molecule has 17 heavy (non-hydrogen) atoms. The maximum Gasteiger partial charge on any atom is 0.232 e. The highest BCUT2D eigenvalue weighted by atomic mass is 32.2. The number of anilines is 2. The van der Waals surface area contributed by atoms with Gasteiger partial charge in [0.1, 0.15) is 5.82 Å². The number of nitrogen functional groups attached to an aromatic ring is 1. The van der Waals surface area contributed by atoms with Gasteiger partial charge in [0, 0.05) is 5.69 Å². The fraction of sp³-hybridized carbons (Fsp3) is 0.455. The van der Waals surface area contributed by atoms with Crippen molar-refractivity contribution in [2.45, 2.75) is 20.3 Å². The first kappa shape index (κ1) is 13.8. The van der Waals surface area contributed by atoms with Gasteiger partial charge in [0.15, 0.2) is 0 Å². The first-order valence-electron chi connectivity index (χ1n) is 5.35. The van der Waals surface area contributed by atoms with Crippen molar-refractivity contribution in [2.75, 3.05) is 16.2 Å². The van der Waals surface area contributed by atoms with E-state index < -0.39 is 15.8 Å². The van der Waals surface area contributed by atoms with Crippen LogP contribution in [0.15, 0.2) is 18.2 Å². The highest BCUT2D eigenvalue weighted by Crippen LogP contribution is 2.19. The molecule has 96 valence electrons.